The van der Waals surface area contributed by atoms with Crippen LogP contribution in [0.2, 0.25) is 0 Å². The van der Waals surface area contributed by atoms with Crippen molar-refractivity contribution in [1.82, 2.24) is 4.90 Å². The average molecular weight is 409 g/mol. The average Bonchev–Trinajstić information content (AvgIpc) is 3.33. The van der Waals surface area contributed by atoms with Crippen molar-refractivity contribution in [3.05, 3.63) is 64.6 Å². The van der Waals surface area contributed by atoms with E-state index in [4.69, 9.17) is 4.74 Å². The first-order valence-electron chi connectivity index (χ1n) is 9.90. The first-order valence-corrected chi connectivity index (χ1v) is 10.7. The lowest BCUT2D eigenvalue weighted by atomic mass is 10.2. The Morgan fingerprint density at radius 1 is 1.07 bits per heavy atom. The molecule has 2 aromatic carbocycles. The molecule has 6 heteroatoms. The molecule has 0 spiro atoms. The molecule has 0 bridgehead atoms. The van der Waals surface area contributed by atoms with Gasteiger partial charge in [0.05, 0.1) is 11.4 Å². The maximum absolute atomic E-state index is 12.6. The minimum Gasteiger partial charge on any atom is -0.492 e. The minimum absolute atomic E-state index is 0.240. The number of aryl methyl sites for hydroxylation is 1. The molecule has 2 aromatic rings. The molecule has 2 heterocycles. The fraction of sp³-hybridized carbons (Fsp3) is 0.304. The lowest BCUT2D eigenvalue weighted by Gasteiger charge is -2.17. The number of nitrogens with zero attached hydrogens (tertiary/aromatic N) is 2. The molecular formula is C23H24N2O3S. The molecule has 5 nitrogen and oxygen atoms in total. The Morgan fingerprint density at radius 2 is 1.83 bits per heavy atom. The summed E-state index contributed by atoms with van der Waals surface area (Å²) in [5.74, 6) is 0.488. The Kier molecular flexibility index (Phi) is 5.90. The van der Waals surface area contributed by atoms with Crippen molar-refractivity contribution >= 4 is 34.7 Å². The van der Waals surface area contributed by atoms with Crippen molar-refractivity contribution in [2.24, 2.45) is 0 Å². The Bertz CT molecular complexity index is 933. The molecule has 0 N–H and O–H groups in total. The monoisotopic (exact) mass is 408 g/mol. The molecule has 0 aliphatic carbocycles. The van der Waals surface area contributed by atoms with Crippen molar-refractivity contribution in [2.75, 3.05) is 31.1 Å². The van der Waals surface area contributed by atoms with Gasteiger partial charge >= 0.3 is 0 Å². The van der Waals surface area contributed by atoms with Gasteiger partial charge in [-0.25, -0.2) is 0 Å². The van der Waals surface area contributed by atoms with E-state index in [2.05, 4.69) is 17.0 Å². The third-order valence-corrected chi connectivity index (χ3v) is 6.02. The first-order chi connectivity index (χ1) is 14.1. The van der Waals surface area contributed by atoms with Gasteiger partial charge in [-0.3, -0.25) is 14.5 Å². The third kappa shape index (κ3) is 4.65. The maximum atomic E-state index is 12.6. The molecule has 0 saturated carbocycles. The van der Waals surface area contributed by atoms with Gasteiger partial charge in [0.2, 0.25) is 0 Å². The van der Waals surface area contributed by atoms with E-state index >= 15 is 0 Å². The van der Waals surface area contributed by atoms with Crippen LogP contribution in [-0.2, 0) is 4.79 Å². The summed E-state index contributed by atoms with van der Waals surface area (Å²) in [5, 5.41) is -0.247. The van der Waals surface area contributed by atoms with Crippen molar-refractivity contribution in [1.29, 1.82) is 0 Å². The molecule has 150 valence electrons. The number of imide groups is 1. The molecule has 2 fully saturated rings. The quantitative estimate of drug-likeness (QED) is 0.648. The second-order valence-electron chi connectivity index (χ2n) is 7.28. The van der Waals surface area contributed by atoms with Gasteiger partial charge in [0.1, 0.15) is 12.4 Å². The third-order valence-electron chi connectivity index (χ3n) is 5.11. The molecule has 2 aliphatic heterocycles. The van der Waals surface area contributed by atoms with Crippen LogP contribution in [0.3, 0.4) is 0 Å². The Labute approximate surface area is 175 Å². The lowest BCUT2D eigenvalue weighted by molar-refractivity contribution is -0.123. The number of ether oxygens (including phenoxy) is 1. The summed E-state index contributed by atoms with van der Waals surface area (Å²) in [5.41, 5.74) is 3.24. The van der Waals surface area contributed by atoms with Gasteiger partial charge in [0.25, 0.3) is 11.1 Å². The van der Waals surface area contributed by atoms with Gasteiger partial charge < -0.3 is 9.64 Å². The van der Waals surface area contributed by atoms with Gasteiger partial charge in [-0.2, -0.15) is 0 Å². The number of anilines is 1. The summed E-state index contributed by atoms with van der Waals surface area (Å²) < 4.78 is 5.68. The van der Waals surface area contributed by atoms with Crippen LogP contribution < -0.4 is 9.64 Å². The second kappa shape index (κ2) is 8.74. The van der Waals surface area contributed by atoms with Crippen LogP contribution in [0.25, 0.3) is 6.08 Å². The van der Waals surface area contributed by atoms with E-state index in [1.54, 1.807) is 6.08 Å². The zero-order chi connectivity index (χ0) is 20.2. The summed E-state index contributed by atoms with van der Waals surface area (Å²) in [7, 11) is 0. The summed E-state index contributed by atoms with van der Waals surface area (Å²) >= 11 is 0.987. The van der Waals surface area contributed by atoms with Crippen molar-refractivity contribution in [3.63, 3.8) is 0 Å². The lowest BCUT2D eigenvalue weighted by Crippen LogP contribution is -2.32. The Balaban J connectivity index is 1.36. The van der Waals surface area contributed by atoms with E-state index in [9.17, 15) is 9.59 Å². The Hall–Kier alpha value is -2.73. The van der Waals surface area contributed by atoms with E-state index in [0.717, 1.165) is 41.7 Å². The van der Waals surface area contributed by atoms with E-state index in [1.807, 2.05) is 43.3 Å². The summed E-state index contributed by atoms with van der Waals surface area (Å²) in [4.78, 5) is 29.0. The van der Waals surface area contributed by atoms with Crippen molar-refractivity contribution in [3.8, 4) is 5.75 Å². The van der Waals surface area contributed by atoms with Crippen LogP contribution in [-0.4, -0.2) is 42.3 Å². The van der Waals surface area contributed by atoms with E-state index in [0.29, 0.717) is 4.91 Å². The van der Waals surface area contributed by atoms with Crippen LogP contribution in [0.4, 0.5) is 10.5 Å². The van der Waals surface area contributed by atoms with Crippen molar-refractivity contribution < 1.29 is 14.3 Å². The van der Waals surface area contributed by atoms with Crippen LogP contribution in [0, 0.1) is 6.92 Å². The van der Waals surface area contributed by atoms with Crippen molar-refractivity contribution in [2.45, 2.75) is 19.8 Å². The number of benzene rings is 2. The Morgan fingerprint density at radius 3 is 2.55 bits per heavy atom. The summed E-state index contributed by atoms with van der Waals surface area (Å²) in [6.45, 7) is 4.71. The molecule has 2 saturated heterocycles. The molecule has 0 atom stereocenters. The number of thioether (sulfide) groups is 1. The van der Waals surface area contributed by atoms with Gasteiger partial charge in [0, 0.05) is 18.8 Å². The highest BCUT2D eigenvalue weighted by Gasteiger charge is 2.34. The molecule has 0 radical (unpaired) electrons. The van der Waals surface area contributed by atoms with Crippen LogP contribution in [0.5, 0.6) is 5.75 Å². The number of rotatable bonds is 6. The molecule has 2 aliphatic rings. The smallest absolute Gasteiger partial charge is 0.293 e. The number of amides is 2. The fourth-order valence-electron chi connectivity index (χ4n) is 3.56. The fourth-order valence-corrected chi connectivity index (χ4v) is 4.43. The molecule has 29 heavy (non-hydrogen) atoms. The number of carbonyl (C=O) groups is 2. The second-order valence-corrected chi connectivity index (χ2v) is 8.28. The topological polar surface area (TPSA) is 49.9 Å². The zero-order valence-electron chi connectivity index (χ0n) is 16.5. The van der Waals surface area contributed by atoms with Gasteiger partial charge in [-0.05, 0) is 73.0 Å². The highest BCUT2D eigenvalue weighted by Crippen LogP contribution is 2.32. The summed E-state index contributed by atoms with van der Waals surface area (Å²) in [6, 6.07) is 15.9. The zero-order valence-corrected chi connectivity index (χ0v) is 17.3. The predicted molar refractivity (Wildman–Crippen MR) is 117 cm³/mol. The van der Waals surface area contributed by atoms with Crippen LogP contribution >= 0.6 is 11.8 Å². The van der Waals surface area contributed by atoms with Gasteiger partial charge in [-0.15, -0.1) is 0 Å². The largest absolute Gasteiger partial charge is 0.492 e. The molecule has 0 aromatic heterocycles. The standard InChI is InChI=1S/C23H24N2O3S/c1-17-5-4-6-20(15-17)28-14-13-25-22(26)21(29-23(25)27)16-18-7-9-19(10-8-18)24-11-2-3-12-24/h4-10,15-16H,2-3,11-14H2,1H3/b21-16-. The number of hydrogen-bond donors (Lipinski definition) is 0. The number of hydrogen-bond acceptors (Lipinski definition) is 5. The minimum atomic E-state index is -0.253. The number of carbonyl (C=O) groups excluding carboxylic acids is 2. The normalized spacial score (nSPS) is 18.2. The molecule has 0 unspecified atom stereocenters. The molecular weight excluding hydrogens is 384 g/mol. The predicted octanol–water partition coefficient (Wildman–Crippen LogP) is 4.71. The van der Waals surface area contributed by atoms with Crippen LogP contribution in [0.15, 0.2) is 53.4 Å². The van der Waals surface area contributed by atoms with Gasteiger partial charge in [0.15, 0.2) is 0 Å². The van der Waals surface area contributed by atoms with E-state index < -0.39 is 0 Å². The molecule has 2 amide bonds. The van der Waals surface area contributed by atoms with E-state index in [1.165, 1.54) is 23.4 Å². The van der Waals surface area contributed by atoms with E-state index in [-0.39, 0.29) is 24.3 Å². The highest BCUT2D eigenvalue weighted by atomic mass is 32.2. The first kappa shape index (κ1) is 19.6. The molecule has 4 rings (SSSR count). The SMILES string of the molecule is Cc1cccc(OCCN2C(=O)S/C(=C\c3ccc(N4CCCC4)cc3)C2=O)c1. The summed E-state index contributed by atoms with van der Waals surface area (Å²) in [6.07, 6.45) is 4.27. The van der Waals surface area contributed by atoms with Crippen LogP contribution in [0.1, 0.15) is 24.0 Å². The highest BCUT2D eigenvalue weighted by molar-refractivity contribution is 8.18. The van der Waals surface area contributed by atoms with Gasteiger partial charge in [-0.1, -0.05) is 24.3 Å². The maximum Gasteiger partial charge on any atom is 0.293 e.